The second-order valence-electron chi connectivity index (χ2n) is 4.31. The summed E-state index contributed by atoms with van der Waals surface area (Å²) >= 11 is 0. The van der Waals surface area contributed by atoms with Crippen LogP contribution in [0.1, 0.15) is 28.6 Å². The third-order valence-corrected chi connectivity index (χ3v) is 3.16. The minimum atomic E-state index is 0.246. The van der Waals surface area contributed by atoms with E-state index in [1.54, 1.807) is 6.33 Å². The van der Waals surface area contributed by atoms with Crippen LogP contribution in [0.15, 0.2) is 30.6 Å². The molecule has 0 spiro atoms. The van der Waals surface area contributed by atoms with E-state index in [0.29, 0.717) is 0 Å². The van der Waals surface area contributed by atoms with Gasteiger partial charge in [-0.2, -0.15) is 0 Å². The molecule has 0 unspecified atom stereocenters. The maximum Gasteiger partial charge on any atom is 0.0926 e. The summed E-state index contributed by atoms with van der Waals surface area (Å²) in [5.41, 5.74) is 5.00. The summed E-state index contributed by atoms with van der Waals surface area (Å²) in [6, 6.07) is 8.90. The zero-order chi connectivity index (χ0) is 11.0. The zero-order valence-corrected chi connectivity index (χ0v) is 9.33. The second-order valence-corrected chi connectivity index (χ2v) is 4.31. The second kappa shape index (κ2) is 3.76. The first-order valence-electron chi connectivity index (χ1n) is 5.66. The lowest BCUT2D eigenvalue weighted by Crippen LogP contribution is -2.30. The van der Waals surface area contributed by atoms with E-state index in [1.165, 1.54) is 16.8 Å². The molecule has 0 saturated carbocycles. The van der Waals surface area contributed by atoms with E-state index >= 15 is 0 Å². The Morgan fingerprint density at radius 1 is 1.25 bits per heavy atom. The fraction of sp³-hybridized carbons (Fsp3) is 0.308. The number of nitrogens with zero attached hydrogens (tertiary/aromatic N) is 1. The SMILES string of the molecule is Cc1ccc([C@H]2NCCc3[nH]cnc32)cc1. The maximum absolute atomic E-state index is 4.42. The number of fused-ring (bicyclic) bond motifs is 1. The van der Waals surface area contributed by atoms with Gasteiger partial charge in [-0.1, -0.05) is 29.8 Å². The lowest BCUT2D eigenvalue weighted by atomic mass is 9.97. The van der Waals surface area contributed by atoms with Gasteiger partial charge in [-0.25, -0.2) is 4.98 Å². The third kappa shape index (κ3) is 1.53. The smallest absolute Gasteiger partial charge is 0.0926 e. The molecule has 0 bridgehead atoms. The summed E-state index contributed by atoms with van der Waals surface area (Å²) in [4.78, 5) is 7.64. The lowest BCUT2D eigenvalue weighted by molar-refractivity contribution is 0.553. The molecule has 1 atom stereocenters. The molecule has 3 nitrogen and oxygen atoms in total. The predicted octanol–water partition coefficient (Wildman–Crippen LogP) is 1.95. The molecule has 3 rings (SSSR count). The van der Waals surface area contributed by atoms with Gasteiger partial charge in [0.1, 0.15) is 0 Å². The zero-order valence-electron chi connectivity index (χ0n) is 9.33. The van der Waals surface area contributed by atoms with E-state index in [0.717, 1.165) is 18.7 Å². The van der Waals surface area contributed by atoms with Gasteiger partial charge in [0.25, 0.3) is 0 Å². The molecule has 2 aromatic rings. The van der Waals surface area contributed by atoms with Crippen LogP contribution in [0.25, 0.3) is 0 Å². The largest absolute Gasteiger partial charge is 0.348 e. The first-order chi connectivity index (χ1) is 7.84. The minimum absolute atomic E-state index is 0.246. The average Bonchev–Trinajstić information content (AvgIpc) is 2.78. The molecule has 82 valence electrons. The summed E-state index contributed by atoms with van der Waals surface area (Å²) < 4.78 is 0. The fourth-order valence-electron chi connectivity index (χ4n) is 2.25. The Bertz CT molecular complexity index is 484. The van der Waals surface area contributed by atoms with Crippen LogP contribution in [-0.4, -0.2) is 16.5 Å². The minimum Gasteiger partial charge on any atom is -0.348 e. The van der Waals surface area contributed by atoms with Crippen molar-refractivity contribution in [3.8, 4) is 0 Å². The van der Waals surface area contributed by atoms with Crippen LogP contribution in [0, 0.1) is 6.92 Å². The molecule has 1 aromatic carbocycles. The van der Waals surface area contributed by atoms with E-state index in [4.69, 9.17) is 0 Å². The highest BCUT2D eigenvalue weighted by Crippen LogP contribution is 2.26. The summed E-state index contributed by atoms with van der Waals surface area (Å²) in [7, 11) is 0. The third-order valence-electron chi connectivity index (χ3n) is 3.16. The Kier molecular flexibility index (Phi) is 2.26. The van der Waals surface area contributed by atoms with Gasteiger partial charge in [-0.15, -0.1) is 0 Å². The van der Waals surface area contributed by atoms with Gasteiger partial charge in [0, 0.05) is 18.7 Å². The maximum atomic E-state index is 4.42. The van der Waals surface area contributed by atoms with Crippen molar-refractivity contribution in [1.29, 1.82) is 0 Å². The molecule has 0 amide bonds. The Hall–Kier alpha value is -1.61. The van der Waals surface area contributed by atoms with Crippen molar-refractivity contribution in [2.75, 3.05) is 6.54 Å². The first kappa shape index (κ1) is 9.60. The summed E-state index contributed by atoms with van der Waals surface area (Å²) in [6.45, 7) is 3.12. The number of nitrogens with one attached hydrogen (secondary N) is 2. The van der Waals surface area contributed by atoms with Gasteiger partial charge < -0.3 is 10.3 Å². The number of imidazole rings is 1. The quantitative estimate of drug-likeness (QED) is 0.760. The Labute approximate surface area is 94.9 Å². The number of H-pyrrole nitrogens is 1. The van der Waals surface area contributed by atoms with E-state index < -0.39 is 0 Å². The van der Waals surface area contributed by atoms with Gasteiger partial charge in [-0.3, -0.25) is 0 Å². The molecule has 0 aliphatic carbocycles. The van der Waals surface area contributed by atoms with Crippen molar-refractivity contribution >= 4 is 0 Å². The highest BCUT2D eigenvalue weighted by Gasteiger charge is 2.23. The summed E-state index contributed by atoms with van der Waals surface area (Å²) in [5, 5.41) is 3.51. The van der Waals surface area contributed by atoms with Crippen molar-refractivity contribution in [3.05, 3.63) is 53.1 Å². The van der Waals surface area contributed by atoms with Gasteiger partial charge >= 0.3 is 0 Å². The molecule has 1 aliphatic rings. The molecule has 0 saturated heterocycles. The molecule has 2 N–H and O–H groups in total. The van der Waals surface area contributed by atoms with E-state index in [2.05, 4.69) is 46.5 Å². The molecular weight excluding hydrogens is 198 g/mol. The van der Waals surface area contributed by atoms with Crippen molar-refractivity contribution < 1.29 is 0 Å². The number of benzene rings is 1. The number of hydrogen-bond donors (Lipinski definition) is 2. The summed E-state index contributed by atoms with van der Waals surface area (Å²) in [6.07, 6.45) is 2.83. The van der Waals surface area contributed by atoms with Gasteiger partial charge in [-0.05, 0) is 12.5 Å². The van der Waals surface area contributed by atoms with E-state index in [9.17, 15) is 0 Å². The standard InChI is InChI=1S/C13H15N3/c1-9-2-4-10(5-3-9)12-13-11(6-7-14-12)15-8-16-13/h2-5,8,12,14H,6-7H2,1H3,(H,15,16)/t12-/m1/s1. The van der Waals surface area contributed by atoms with Crippen LogP contribution in [-0.2, 0) is 6.42 Å². The van der Waals surface area contributed by atoms with Crippen molar-refractivity contribution in [3.63, 3.8) is 0 Å². The van der Waals surface area contributed by atoms with Crippen LogP contribution >= 0.6 is 0 Å². The van der Waals surface area contributed by atoms with Gasteiger partial charge in [0.15, 0.2) is 0 Å². The van der Waals surface area contributed by atoms with Gasteiger partial charge in [0.2, 0.25) is 0 Å². The number of hydrogen-bond acceptors (Lipinski definition) is 2. The number of aryl methyl sites for hydroxylation is 1. The number of rotatable bonds is 1. The highest BCUT2D eigenvalue weighted by molar-refractivity contribution is 5.33. The molecule has 0 fully saturated rings. The van der Waals surface area contributed by atoms with Crippen LogP contribution in [0.4, 0.5) is 0 Å². The average molecular weight is 213 g/mol. The van der Waals surface area contributed by atoms with Crippen molar-refractivity contribution in [1.82, 2.24) is 15.3 Å². The molecule has 1 aliphatic heterocycles. The Morgan fingerprint density at radius 2 is 2.06 bits per heavy atom. The fourth-order valence-corrected chi connectivity index (χ4v) is 2.25. The van der Waals surface area contributed by atoms with E-state index in [1.807, 2.05) is 0 Å². The van der Waals surface area contributed by atoms with Crippen molar-refractivity contribution in [2.24, 2.45) is 0 Å². The number of aromatic amines is 1. The van der Waals surface area contributed by atoms with Crippen LogP contribution in [0.3, 0.4) is 0 Å². The number of aromatic nitrogens is 2. The van der Waals surface area contributed by atoms with Gasteiger partial charge in [0.05, 0.1) is 18.1 Å². The van der Waals surface area contributed by atoms with Crippen LogP contribution in [0.2, 0.25) is 0 Å². The normalized spacial score (nSPS) is 19.4. The lowest BCUT2D eigenvalue weighted by Gasteiger charge is -2.23. The van der Waals surface area contributed by atoms with E-state index in [-0.39, 0.29) is 6.04 Å². The van der Waals surface area contributed by atoms with Crippen LogP contribution < -0.4 is 5.32 Å². The molecule has 16 heavy (non-hydrogen) atoms. The predicted molar refractivity (Wildman–Crippen MR) is 63.3 cm³/mol. The Balaban J connectivity index is 2.00. The summed E-state index contributed by atoms with van der Waals surface area (Å²) in [5.74, 6) is 0. The van der Waals surface area contributed by atoms with Crippen molar-refractivity contribution in [2.45, 2.75) is 19.4 Å². The molecule has 3 heteroatoms. The molecule has 0 radical (unpaired) electrons. The monoisotopic (exact) mass is 213 g/mol. The molecular formula is C13H15N3. The van der Waals surface area contributed by atoms with Crippen LogP contribution in [0.5, 0.6) is 0 Å². The molecule has 1 aromatic heterocycles. The first-order valence-corrected chi connectivity index (χ1v) is 5.66. The Morgan fingerprint density at radius 3 is 2.88 bits per heavy atom. The topological polar surface area (TPSA) is 40.7 Å². The highest BCUT2D eigenvalue weighted by atomic mass is 15.0. The molecule has 2 heterocycles.